The van der Waals surface area contributed by atoms with Crippen molar-refractivity contribution >= 4 is 34.3 Å². The van der Waals surface area contributed by atoms with Gasteiger partial charge in [0.25, 0.3) is 0 Å². The normalized spacial score (nSPS) is 16.6. The molecular formula is C15H19N7OS. The topological polar surface area (TPSA) is 92.9 Å². The molecule has 24 heavy (non-hydrogen) atoms. The van der Waals surface area contributed by atoms with Crippen LogP contribution in [0.3, 0.4) is 0 Å². The molecule has 9 heteroatoms. The maximum absolute atomic E-state index is 4.78. The van der Waals surface area contributed by atoms with Gasteiger partial charge in [0, 0.05) is 24.7 Å². The van der Waals surface area contributed by atoms with Crippen molar-refractivity contribution in [2.45, 2.75) is 44.7 Å². The van der Waals surface area contributed by atoms with E-state index in [4.69, 9.17) is 4.63 Å². The number of rotatable bonds is 5. The van der Waals surface area contributed by atoms with E-state index in [9.17, 15) is 0 Å². The Bertz CT molecular complexity index is 812. The van der Waals surface area contributed by atoms with Crippen molar-refractivity contribution in [3.63, 3.8) is 0 Å². The molecule has 0 aliphatic heterocycles. The summed E-state index contributed by atoms with van der Waals surface area (Å²) in [6, 6.07) is 0.514. The summed E-state index contributed by atoms with van der Waals surface area (Å²) in [6.45, 7) is 2.10. The molecule has 126 valence electrons. The summed E-state index contributed by atoms with van der Waals surface area (Å²) in [7, 11) is 2.00. The van der Waals surface area contributed by atoms with Gasteiger partial charge in [0.15, 0.2) is 11.6 Å². The zero-order valence-electron chi connectivity index (χ0n) is 13.6. The molecule has 0 bridgehead atoms. The maximum atomic E-state index is 4.78. The molecule has 1 N–H and O–H groups in total. The van der Waals surface area contributed by atoms with Crippen molar-refractivity contribution in [3.8, 4) is 0 Å². The second-order valence-corrected chi connectivity index (χ2v) is 7.02. The number of thiazole rings is 1. The highest BCUT2D eigenvalue weighted by molar-refractivity contribution is 7.09. The number of anilines is 2. The molecule has 3 aromatic rings. The molecule has 0 amide bonds. The van der Waals surface area contributed by atoms with Gasteiger partial charge in [-0.05, 0) is 30.1 Å². The second-order valence-electron chi connectivity index (χ2n) is 6.09. The van der Waals surface area contributed by atoms with Crippen LogP contribution in [0.15, 0.2) is 16.2 Å². The summed E-state index contributed by atoms with van der Waals surface area (Å²) in [6.07, 6.45) is 6.63. The maximum Gasteiger partial charge on any atom is 0.245 e. The quantitative estimate of drug-likeness (QED) is 0.754. The van der Waals surface area contributed by atoms with Crippen LogP contribution in [-0.2, 0) is 0 Å². The van der Waals surface area contributed by atoms with Crippen LogP contribution in [0.25, 0.3) is 11.3 Å². The highest BCUT2D eigenvalue weighted by atomic mass is 32.1. The molecule has 4 rings (SSSR count). The van der Waals surface area contributed by atoms with Gasteiger partial charge in [0.05, 0.1) is 6.04 Å². The largest absolute Gasteiger partial charge is 0.364 e. The molecule has 3 heterocycles. The molecule has 0 radical (unpaired) electrons. The van der Waals surface area contributed by atoms with Gasteiger partial charge < -0.3 is 10.2 Å². The van der Waals surface area contributed by atoms with Crippen molar-refractivity contribution in [1.29, 1.82) is 0 Å². The summed E-state index contributed by atoms with van der Waals surface area (Å²) >= 11 is 1.63. The molecule has 3 aromatic heterocycles. The van der Waals surface area contributed by atoms with Crippen LogP contribution in [0.4, 0.5) is 11.6 Å². The van der Waals surface area contributed by atoms with Crippen molar-refractivity contribution in [2.75, 3.05) is 17.3 Å². The number of nitrogens with one attached hydrogen (secondary N) is 1. The molecular weight excluding hydrogens is 326 g/mol. The zero-order valence-corrected chi connectivity index (χ0v) is 14.5. The summed E-state index contributed by atoms with van der Waals surface area (Å²) in [5, 5.41) is 14.2. The van der Waals surface area contributed by atoms with Gasteiger partial charge in [-0.15, -0.1) is 11.3 Å². The van der Waals surface area contributed by atoms with Crippen molar-refractivity contribution in [2.24, 2.45) is 0 Å². The Hall–Kier alpha value is -2.29. The summed E-state index contributed by atoms with van der Waals surface area (Å²) in [4.78, 5) is 15.7. The van der Waals surface area contributed by atoms with E-state index in [1.54, 1.807) is 11.3 Å². The lowest BCUT2D eigenvalue weighted by atomic mass is 10.2. The second kappa shape index (κ2) is 6.31. The Kier molecular flexibility index (Phi) is 4.01. The fraction of sp³-hybridized carbons (Fsp3) is 0.533. The molecule has 1 fully saturated rings. The number of nitrogens with zero attached hydrogens (tertiary/aromatic N) is 6. The third-order valence-corrected chi connectivity index (χ3v) is 5.46. The van der Waals surface area contributed by atoms with Crippen LogP contribution in [0.5, 0.6) is 0 Å². The van der Waals surface area contributed by atoms with E-state index in [-0.39, 0.29) is 6.04 Å². The minimum absolute atomic E-state index is 0.0840. The van der Waals surface area contributed by atoms with Crippen LogP contribution in [-0.4, -0.2) is 38.4 Å². The van der Waals surface area contributed by atoms with Gasteiger partial charge >= 0.3 is 0 Å². The highest BCUT2D eigenvalue weighted by Gasteiger charge is 2.24. The smallest absolute Gasteiger partial charge is 0.245 e. The number of fused-ring (bicyclic) bond motifs is 1. The summed E-state index contributed by atoms with van der Waals surface area (Å²) in [5.41, 5.74) is 0.842. The minimum atomic E-state index is 0.0840. The average molecular weight is 345 g/mol. The molecule has 0 aromatic carbocycles. The summed E-state index contributed by atoms with van der Waals surface area (Å²) in [5.74, 6) is 1.48. The van der Waals surface area contributed by atoms with E-state index in [2.05, 4.69) is 42.4 Å². The Morgan fingerprint density at radius 1 is 1.25 bits per heavy atom. The molecule has 1 aliphatic carbocycles. The van der Waals surface area contributed by atoms with E-state index in [0.717, 1.165) is 29.5 Å². The van der Waals surface area contributed by atoms with Crippen molar-refractivity contribution < 1.29 is 4.63 Å². The number of hydrogen-bond acceptors (Lipinski definition) is 9. The van der Waals surface area contributed by atoms with Crippen molar-refractivity contribution in [1.82, 2.24) is 25.3 Å². The van der Waals surface area contributed by atoms with E-state index in [1.165, 1.54) is 12.8 Å². The first-order chi connectivity index (χ1) is 11.7. The van der Waals surface area contributed by atoms with Crippen LogP contribution in [0.2, 0.25) is 0 Å². The molecule has 0 spiro atoms. The van der Waals surface area contributed by atoms with Gasteiger partial charge in [-0.1, -0.05) is 12.8 Å². The predicted octanol–water partition coefficient (Wildman–Crippen LogP) is 3.02. The van der Waals surface area contributed by atoms with Gasteiger partial charge in [0.2, 0.25) is 11.3 Å². The lowest BCUT2D eigenvalue weighted by Crippen LogP contribution is -2.26. The first-order valence-electron chi connectivity index (χ1n) is 8.11. The predicted molar refractivity (Wildman–Crippen MR) is 92.2 cm³/mol. The highest BCUT2D eigenvalue weighted by Crippen LogP contribution is 2.32. The molecule has 1 aliphatic rings. The third kappa shape index (κ3) is 2.79. The molecule has 1 saturated carbocycles. The van der Waals surface area contributed by atoms with Crippen LogP contribution >= 0.6 is 11.3 Å². The minimum Gasteiger partial charge on any atom is -0.364 e. The number of aromatic nitrogens is 5. The third-order valence-electron chi connectivity index (χ3n) is 4.52. The Morgan fingerprint density at radius 3 is 2.71 bits per heavy atom. The SMILES string of the molecule is CC(c1nccs1)N(C)c1nc2nonc2nc1NC1CCCC1. The first kappa shape index (κ1) is 15.3. The van der Waals surface area contributed by atoms with Crippen LogP contribution in [0.1, 0.15) is 43.7 Å². The lowest BCUT2D eigenvalue weighted by molar-refractivity contribution is 0.314. The monoisotopic (exact) mass is 345 g/mol. The average Bonchev–Trinajstić information content (AvgIpc) is 3.34. The van der Waals surface area contributed by atoms with Crippen LogP contribution in [0, 0.1) is 0 Å². The zero-order chi connectivity index (χ0) is 16.5. The van der Waals surface area contributed by atoms with Crippen molar-refractivity contribution in [3.05, 3.63) is 16.6 Å². The first-order valence-corrected chi connectivity index (χ1v) is 8.99. The van der Waals surface area contributed by atoms with Gasteiger partial charge in [-0.3, -0.25) is 0 Å². The summed E-state index contributed by atoms with van der Waals surface area (Å²) < 4.78 is 4.78. The van der Waals surface area contributed by atoms with E-state index in [0.29, 0.717) is 17.3 Å². The van der Waals surface area contributed by atoms with E-state index < -0.39 is 0 Å². The van der Waals surface area contributed by atoms with Gasteiger partial charge in [-0.25, -0.2) is 19.6 Å². The Balaban J connectivity index is 1.70. The molecule has 1 atom stereocenters. The fourth-order valence-corrected chi connectivity index (χ4v) is 3.76. The molecule has 8 nitrogen and oxygen atoms in total. The Labute approximate surface area is 143 Å². The van der Waals surface area contributed by atoms with Gasteiger partial charge in [0.1, 0.15) is 5.01 Å². The molecule has 1 unspecified atom stereocenters. The lowest BCUT2D eigenvalue weighted by Gasteiger charge is -2.26. The van der Waals surface area contributed by atoms with Gasteiger partial charge in [-0.2, -0.15) is 0 Å². The van der Waals surface area contributed by atoms with E-state index in [1.807, 2.05) is 18.6 Å². The fourth-order valence-electron chi connectivity index (χ4n) is 3.03. The Morgan fingerprint density at radius 2 is 2.00 bits per heavy atom. The van der Waals surface area contributed by atoms with Crippen LogP contribution < -0.4 is 10.2 Å². The molecule has 0 saturated heterocycles. The standard InChI is InChI=1S/C15H19N7OS/c1-9(15-16-7-8-24-15)22(2)14-13(17-10-5-3-4-6-10)18-11-12(19-14)21-23-20-11/h7-10H,3-6H2,1-2H3,(H,17,18,20). The van der Waals surface area contributed by atoms with E-state index >= 15 is 0 Å². The number of hydrogen-bond donors (Lipinski definition) is 1.